The summed E-state index contributed by atoms with van der Waals surface area (Å²) in [6, 6.07) is 3.76. The van der Waals surface area contributed by atoms with E-state index in [1.54, 1.807) is 12.5 Å². The van der Waals surface area contributed by atoms with Crippen molar-refractivity contribution >= 4 is 15.9 Å². The molecular weight excluding hydrogens is 220 g/mol. The molecule has 0 amide bonds. The number of rotatable bonds is 2. The maximum Gasteiger partial charge on any atom is 0.151 e. The van der Waals surface area contributed by atoms with Gasteiger partial charge in [-0.25, -0.2) is 0 Å². The van der Waals surface area contributed by atoms with Crippen LogP contribution in [0.3, 0.4) is 0 Å². The second kappa shape index (κ2) is 3.15. The Balaban J connectivity index is 2.46. The van der Waals surface area contributed by atoms with Gasteiger partial charge in [0.2, 0.25) is 0 Å². The molecule has 2 aromatic heterocycles. The third-order valence-electron chi connectivity index (χ3n) is 1.63. The van der Waals surface area contributed by atoms with Crippen LogP contribution in [0.5, 0.6) is 0 Å². The summed E-state index contributed by atoms with van der Waals surface area (Å²) in [7, 11) is 0. The Kier molecular flexibility index (Phi) is 1.99. The summed E-state index contributed by atoms with van der Waals surface area (Å²) in [6.45, 7) is 0. The van der Waals surface area contributed by atoms with Gasteiger partial charge in [0, 0.05) is 10.9 Å². The predicted octanol–water partition coefficient (Wildman–Crippen LogP) is 2.56. The fourth-order valence-electron chi connectivity index (χ4n) is 1.05. The van der Waals surface area contributed by atoms with E-state index in [2.05, 4.69) is 26.1 Å². The van der Waals surface area contributed by atoms with Gasteiger partial charge in [0.05, 0.1) is 12.5 Å². The van der Waals surface area contributed by atoms with Gasteiger partial charge in [0.15, 0.2) is 5.76 Å². The zero-order chi connectivity index (χ0) is 8.39. The highest BCUT2D eigenvalue weighted by Gasteiger charge is 2.07. The summed E-state index contributed by atoms with van der Waals surface area (Å²) >= 11 is 3.37. The summed E-state index contributed by atoms with van der Waals surface area (Å²) in [4.78, 5) is 0. The first-order valence-corrected chi connectivity index (χ1v) is 4.66. The predicted molar refractivity (Wildman–Crippen MR) is 48.9 cm³/mol. The molecule has 4 heteroatoms. The molecule has 0 aliphatic heterocycles. The number of furan rings is 1. The number of hydrogen-bond acceptors (Lipinski definition) is 2. The smallest absolute Gasteiger partial charge is 0.151 e. The molecule has 0 aliphatic rings. The Morgan fingerprint density at radius 3 is 3.17 bits per heavy atom. The van der Waals surface area contributed by atoms with Crippen molar-refractivity contribution < 1.29 is 4.42 Å². The molecule has 12 heavy (non-hydrogen) atoms. The van der Waals surface area contributed by atoms with Gasteiger partial charge in [0.25, 0.3) is 0 Å². The Labute approximate surface area is 77.9 Å². The lowest BCUT2D eigenvalue weighted by atomic mass is 10.2. The third-order valence-corrected chi connectivity index (χ3v) is 2.23. The zero-order valence-corrected chi connectivity index (χ0v) is 7.84. The Morgan fingerprint density at radius 2 is 2.50 bits per heavy atom. The quantitative estimate of drug-likeness (QED) is 0.801. The highest BCUT2D eigenvalue weighted by Crippen LogP contribution is 2.22. The van der Waals surface area contributed by atoms with E-state index in [4.69, 9.17) is 4.42 Å². The molecule has 0 fully saturated rings. The molecule has 0 bridgehead atoms. The second-order valence-corrected chi connectivity index (χ2v) is 2.94. The highest BCUT2D eigenvalue weighted by molar-refractivity contribution is 9.08. The Bertz CT molecular complexity index is 353. The molecule has 0 aliphatic carbocycles. The van der Waals surface area contributed by atoms with Crippen LogP contribution in [0.15, 0.2) is 29.0 Å². The van der Waals surface area contributed by atoms with Gasteiger partial charge in [-0.05, 0) is 12.1 Å². The molecule has 0 aromatic carbocycles. The number of aromatic nitrogens is 2. The molecule has 0 unspecified atom stereocenters. The van der Waals surface area contributed by atoms with Crippen LogP contribution < -0.4 is 0 Å². The van der Waals surface area contributed by atoms with Gasteiger partial charge in [-0.15, -0.1) is 0 Å². The summed E-state index contributed by atoms with van der Waals surface area (Å²) in [5, 5.41) is 7.60. The van der Waals surface area contributed by atoms with Crippen molar-refractivity contribution in [1.82, 2.24) is 10.2 Å². The highest BCUT2D eigenvalue weighted by atomic mass is 79.9. The number of hydrogen-bond donors (Lipinski definition) is 1. The van der Waals surface area contributed by atoms with Gasteiger partial charge in [0.1, 0.15) is 5.69 Å². The summed E-state index contributed by atoms with van der Waals surface area (Å²) in [5.74, 6) is 0.821. The third kappa shape index (κ3) is 1.18. The molecule has 3 nitrogen and oxygen atoms in total. The van der Waals surface area contributed by atoms with Crippen molar-refractivity contribution in [2.75, 3.05) is 0 Å². The van der Waals surface area contributed by atoms with Crippen LogP contribution in [0.1, 0.15) is 5.56 Å². The molecule has 62 valence electrons. The topological polar surface area (TPSA) is 41.8 Å². The van der Waals surface area contributed by atoms with Crippen molar-refractivity contribution in [1.29, 1.82) is 0 Å². The standard InChI is InChI=1S/C8H7BrN2O/c9-4-6-5-10-11-8(6)7-2-1-3-12-7/h1-3,5H,4H2,(H,10,11). The van der Waals surface area contributed by atoms with E-state index in [1.807, 2.05) is 12.1 Å². The van der Waals surface area contributed by atoms with Crippen LogP contribution in [-0.2, 0) is 5.33 Å². The van der Waals surface area contributed by atoms with Crippen LogP contribution in [0.2, 0.25) is 0 Å². The minimum absolute atomic E-state index is 0.777. The molecule has 2 rings (SSSR count). The molecule has 0 spiro atoms. The van der Waals surface area contributed by atoms with Crippen LogP contribution in [0, 0.1) is 0 Å². The lowest BCUT2D eigenvalue weighted by molar-refractivity contribution is 0.579. The van der Waals surface area contributed by atoms with Gasteiger partial charge in [-0.1, -0.05) is 15.9 Å². The molecule has 1 N–H and O–H groups in total. The fourth-order valence-corrected chi connectivity index (χ4v) is 1.47. The molecule has 2 aromatic rings. The molecule has 2 heterocycles. The normalized spacial score (nSPS) is 10.4. The first-order chi connectivity index (χ1) is 5.92. The van der Waals surface area contributed by atoms with Crippen LogP contribution in [-0.4, -0.2) is 10.2 Å². The molecule has 0 saturated heterocycles. The maximum absolute atomic E-state index is 5.23. The summed E-state index contributed by atoms with van der Waals surface area (Å²) < 4.78 is 5.23. The minimum Gasteiger partial charge on any atom is -0.463 e. The molecule has 0 saturated carbocycles. The first-order valence-electron chi connectivity index (χ1n) is 3.54. The Hall–Kier alpha value is -1.03. The number of H-pyrrole nitrogens is 1. The average Bonchev–Trinajstić information content (AvgIpc) is 2.74. The maximum atomic E-state index is 5.23. The minimum atomic E-state index is 0.777. The van der Waals surface area contributed by atoms with Crippen molar-refractivity contribution in [2.24, 2.45) is 0 Å². The van der Waals surface area contributed by atoms with Crippen molar-refractivity contribution in [3.63, 3.8) is 0 Å². The molecule has 0 radical (unpaired) electrons. The SMILES string of the molecule is BrCc1cn[nH]c1-c1ccco1. The van der Waals surface area contributed by atoms with Crippen molar-refractivity contribution in [2.45, 2.75) is 5.33 Å². The number of halogens is 1. The van der Waals surface area contributed by atoms with Crippen molar-refractivity contribution in [3.05, 3.63) is 30.2 Å². The van der Waals surface area contributed by atoms with E-state index in [-0.39, 0.29) is 0 Å². The average molecular weight is 227 g/mol. The van der Waals surface area contributed by atoms with E-state index < -0.39 is 0 Å². The number of alkyl halides is 1. The monoisotopic (exact) mass is 226 g/mol. The van der Waals surface area contributed by atoms with Crippen molar-refractivity contribution in [3.8, 4) is 11.5 Å². The largest absolute Gasteiger partial charge is 0.463 e. The summed E-state index contributed by atoms with van der Waals surface area (Å²) in [5.41, 5.74) is 2.04. The van der Waals surface area contributed by atoms with Gasteiger partial charge in [-0.2, -0.15) is 5.10 Å². The first kappa shape index (κ1) is 7.61. The Morgan fingerprint density at radius 1 is 1.58 bits per heavy atom. The van der Waals surface area contributed by atoms with Crippen LogP contribution in [0.4, 0.5) is 0 Å². The fraction of sp³-hybridized carbons (Fsp3) is 0.125. The lowest BCUT2D eigenvalue weighted by Crippen LogP contribution is -1.79. The van der Waals surface area contributed by atoms with E-state index in [0.717, 1.165) is 22.3 Å². The number of nitrogens with zero attached hydrogens (tertiary/aromatic N) is 1. The summed E-state index contributed by atoms with van der Waals surface area (Å²) in [6.07, 6.45) is 3.43. The van der Waals surface area contributed by atoms with Gasteiger partial charge in [-0.3, -0.25) is 5.10 Å². The number of aromatic amines is 1. The van der Waals surface area contributed by atoms with Crippen LogP contribution >= 0.6 is 15.9 Å². The number of nitrogens with one attached hydrogen (secondary N) is 1. The van der Waals surface area contributed by atoms with Crippen LogP contribution in [0.25, 0.3) is 11.5 Å². The van der Waals surface area contributed by atoms with E-state index >= 15 is 0 Å². The molecule has 0 atom stereocenters. The van der Waals surface area contributed by atoms with E-state index in [1.165, 1.54) is 0 Å². The zero-order valence-electron chi connectivity index (χ0n) is 6.25. The molecular formula is C8H7BrN2O. The van der Waals surface area contributed by atoms with Gasteiger partial charge >= 0.3 is 0 Å². The second-order valence-electron chi connectivity index (χ2n) is 2.38. The lowest BCUT2D eigenvalue weighted by Gasteiger charge is -1.93. The van der Waals surface area contributed by atoms with E-state index in [9.17, 15) is 0 Å². The van der Waals surface area contributed by atoms with E-state index in [0.29, 0.717) is 0 Å². The van der Waals surface area contributed by atoms with Gasteiger partial charge < -0.3 is 4.42 Å².